The highest BCUT2D eigenvalue weighted by Crippen LogP contribution is 2.29. The first-order valence-corrected chi connectivity index (χ1v) is 3.87. The van der Waals surface area contributed by atoms with Crippen LogP contribution in [0.1, 0.15) is 6.42 Å². The zero-order valence-corrected chi connectivity index (χ0v) is 6.67. The zero-order valence-electron chi connectivity index (χ0n) is 4.51. The second-order valence-corrected chi connectivity index (χ2v) is 3.67. The zero-order chi connectivity index (χ0) is 5.56. The standard InChI is InChI=1S/C5H8INO/c6-7-2-5-1-4(7)3-8-5/h4-5H,1-3H2/t4-,5-/m1/s1. The Morgan fingerprint density at radius 3 is 2.75 bits per heavy atom. The number of nitrogens with zero attached hydrogens (tertiary/aromatic N) is 1. The maximum atomic E-state index is 5.38. The van der Waals surface area contributed by atoms with Crippen molar-refractivity contribution in [1.82, 2.24) is 3.11 Å². The summed E-state index contributed by atoms with van der Waals surface area (Å²) in [6, 6.07) is 0.737. The second-order valence-electron chi connectivity index (χ2n) is 2.43. The van der Waals surface area contributed by atoms with Gasteiger partial charge in [-0.3, -0.25) is 0 Å². The van der Waals surface area contributed by atoms with Gasteiger partial charge in [0.15, 0.2) is 0 Å². The predicted molar refractivity (Wildman–Crippen MR) is 38.9 cm³/mol. The van der Waals surface area contributed by atoms with Crippen LogP contribution < -0.4 is 0 Å². The number of fused-ring (bicyclic) bond motifs is 2. The van der Waals surface area contributed by atoms with E-state index in [1.165, 1.54) is 6.42 Å². The van der Waals surface area contributed by atoms with Crippen molar-refractivity contribution < 1.29 is 4.74 Å². The summed E-state index contributed by atoms with van der Waals surface area (Å²) in [5.41, 5.74) is 0. The Balaban J connectivity index is 2.11. The van der Waals surface area contributed by atoms with Gasteiger partial charge in [-0.25, -0.2) is 3.11 Å². The van der Waals surface area contributed by atoms with Gasteiger partial charge in [0, 0.05) is 35.5 Å². The van der Waals surface area contributed by atoms with E-state index in [9.17, 15) is 0 Å². The average molecular weight is 225 g/mol. The topological polar surface area (TPSA) is 12.5 Å². The number of halogens is 1. The van der Waals surface area contributed by atoms with E-state index >= 15 is 0 Å². The molecule has 3 heteroatoms. The van der Waals surface area contributed by atoms with Crippen LogP contribution in [0.4, 0.5) is 0 Å². The number of rotatable bonds is 0. The van der Waals surface area contributed by atoms with Crippen LogP contribution in [0.2, 0.25) is 0 Å². The maximum absolute atomic E-state index is 5.38. The molecule has 0 saturated carbocycles. The molecule has 2 saturated heterocycles. The predicted octanol–water partition coefficient (Wildman–Crippen LogP) is 0.810. The summed E-state index contributed by atoms with van der Waals surface area (Å²) >= 11 is 2.38. The van der Waals surface area contributed by atoms with E-state index in [0.29, 0.717) is 6.10 Å². The van der Waals surface area contributed by atoms with Gasteiger partial charge in [0.25, 0.3) is 0 Å². The molecule has 2 aliphatic heterocycles. The fourth-order valence-electron chi connectivity index (χ4n) is 1.35. The summed E-state index contributed by atoms with van der Waals surface area (Å²) in [6.07, 6.45) is 1.83. The van der Waals surface area contributed by atoms with E-state index < -0.39 is 0 Å². The molecule has 8 heavy (non-hydrogen) atoms. The highest BCUT2D eigenvalue weighted by molar-refractivity contribution is 14.1. The van der Waals surface area contributed by atoms with Gasteiger partial charge in [-0.05, 0) is 6.42 Å². The summed E-state index contributed by atoms with van der Waals surface area (Å²) in [5.74, 6) is 0. The van der Waals surface area contributed by atoms with Crippen molar-refractivity contribution in [2.24, 2.45) is 0 Å². The summed E-state index contributed by atoms with van der Waals surface area (Å²) in [7, 11) is 0. The molecule has 2 nitrogen and oxygen atoms in total. The van der Waals surface area contributed by atoms with E-state index in [2.05, 4.69) is 26.0 Å². The van der Waals surface area contributed by atoms with Gasteiger partial charge in [-0.15, -0.1) is 0 Å². The molecule has 2 atom stereocenters. The minimum Gasteiger partial charge on any atom is -0.375 e. The minimum atomic E-state index is 0.567. The molecular weight excluding hydrogens is 217 g/mol. The molecule has 0 radical (unpaired) electrons. The van der Waals surface area contributed by atoms with Crippen molar-refractivity contribution in [1.29, 1.82) is 0 Å². The molecule has 2 rings (SSSR count). The summed E-state index contributed by atoms with van der Waals surface area (Å²) < 4.78 is 7.73. The largest absolute Gasteiger partial charge is 0.375 e. The van der Waals surface area contributed by atoms with Crippen molar-refractivity contribution in [2.75, 3.05) is 13.2 Å². The molecule has 46 valence electrons. The lowest BCUT2D eigenvalue weighted by Crippen LogP contribution is -2.28. The Morgan fingerprint density at radius 2 is 2.50 bits per heavy atom. The van der Waals surface area contributed by atoms with Gasteiger partial charge in [-0.2, -0.15) is 0 Å². The molecule has 0 unspecified atom stereocenters. The van der Waals surface area contributed by atoms with Gasteiger partial charge in [0.1, 0.15) is 0 Å². The molecule has 0 aliphatic carbocycles. The Morgan fingerprint density at radius 1 is 1.62 bits per heavy atom. The molecule has 0 spiro atoms. The lowest BCUT2D eigenvalue weighted by molar-refractivity contribution is 0.0694. The van der Waals surface area contributed by atoms with Crippen molar-refractivity contribution in [3.05, 3.63) is 0 Å². The van der Waals surface area contributed by atoms with Crippen molar-refractivity contribution in [3.63, 3.8) is 0 Å². The first kappa shape index (κ1) is 5.44. The first-order valence-electron chi connectivity index (χ1n) is 2.90. The van der Waals surface area contributed by atoms with Crippen LogP contribution in [0.3, 0.4) is 0 Å². The lowest BCUT2D eigenvalue weighted by atomic mass is 10.3. The fraction of sp³-hybridized carbons (Fsp3) is 1.00. The summed E-state index contributed by atoms with van der Waals surface area (Å²) in [6.45, 7) is 2.11. The van der Waals surface area contributed by atoms with Crippen molar-refractivity contribution >= 4 is 22.9 Å². The Kier molecular flexibility index (Phi) is 1.23. The molecule has 0 aromatic rings. The third-order valence-corrected chi connectivity index (χ3v) is 3.02. The van der Waals surface area contributed by atoms with Crippen LogP contribution in [0.15, 0.2) is 0 Å². The van der Waals surface area contributed by atoms with Gasteiger partial charge >= 0.3 is 0 Å². The van der Waals surface area contributed by atoms with Gasteiger partial charge in [-0.1, -0.05) is 0 Å². The smallest absolute Gasteiger partial charge is 0.0727 e. The normalized spacial score (nSPS) is 46.1. The molecule has 0 aromatic carbocycles. The van der Waals surface area contributed by atoms with Gasteiger partial charge in [0.2, 0.25) is 0 Å². The van der Waals surface area contributed by atoms with E-state index in [4.69, 9.17) is 4.74 Å². The summed E-state index contributed by atoms with van der Waals surface area (Å²) in [4.78, 5) is 0. The molecule has 0 amide bonds. The number of hydrogen-bond donors (Lipinski definition) is 0. The monoisotopic (exact) mass is 225 g/mol. The molecule has 2 heterocycles. The highest BCUT2D eigenvalue weighted by Gasteiger charge is 2.37. The highest BCUT2D eigenvalue weighted by atomic mass is 127. The number of morpholine rings is 1. The molecular formula is C5H8INO. The Bertz CT molecular complexity index is 107. The van der Waals surface area contributed by atoms with Crippen LogP contribution in [0.5, 0.6) is 0 Å². The van der Waals surface area contributed by atoms with Crippen LogP contribution >= 0.6 is 22.9 Å². The Labute approximate surface area is 62.7 Å². The molecule has 2 bridgehead atoms. The van der Waals surface area contributed by atoms with E-state index in [0.717, 1.165) is 19.2 Å². The van der Waals surface area contributed by atoms with Gasteiger partial charge in [0.05, 0.1) is 12.7 Å². The van der Waals surface area contributed by atoms with Crippen molar-refractivity contribution in [2.45, 2.75) is 18.6 Å². The van der Waals surface area contributed by atoms with Crippen LogP contribution in [0.25, 0.3) is 0 Å². The fourth-order valence-corrected chi connectivity index (χ4v) is 2.18. The van der Waals surface area contributed by atoms with Gasteiger partial charge < -0.3 is 4.74 Å². The SMILES string of the molecule is IN1C[C@H]2C[C@@H]1CO2. The van der Waals surface area contributed by atoms with Crippen LogP contribution in [0, 0.1) is 0 Å². The summed E-state index contributed by atoms with van der Waals surface area (Å²) in [5, 5.41) is 0. The molecule has 2 fully saturated rings. The third-order valence-electron chi connectivity index (χ3n) is 1.83. The minimum absolute atomic E-state index is 0.567. The molecule has 0 N–H and O–H groups in total. The van der Waals surface area contributed by atoms with Crippen LogP contribution in [-0.2, 0) is 4.74 Å². The first-order chi connectivity index (χ1) is 3.86. The lowest BCUT2D eigenvalue weighted by Gasteiger charge is -2.18. The third kappa shape index (κ3) is 0.681. The van der Waals surface area contributed by atoms with E-state index in [-0.39, 0.29) is 0 Å². The maximum Gasteiger partial charge on any atom is 0.0727 e. The number of ether oxygens (including phenoxy) is 1. The average Bonchev–Trinajstić information content (AvgIpc) is 2.23. The van der Waals surface area contributed by atoms with E-state index in [1.807, 2.05) is 0 Å². The Hall–Kier alpha value is 0.650. The van der Waals surface area contributed by atoms with E-state index in [1.54, 1.807) is 0 Å². The quantitative estimate of drug-likeness (QED) is 0.446. The second kappa shape index (κ2) is 1.82. The molecule has 2 aliphatic rings. The number of hydrogen-bond acceptors (Lipinski definition) is 2. The van der Waals surface area contributed by atoms with Crippen LogP contribution in [-0.4, -0.2) is 28.4 Å². The van der Waals surface area contributed by atoms with Crippen molar-refractivity contribution in [3.8, 4) is 0 Å². The molecule has 0 aromatic heterocycles.